The van der Waals surface area contributed by atoms with E-state index in [2.05, 4.69) is 5.32 Å². The van der Waals surface area contributed by atoms with Gasteiger partial charge in [-0.3, -0.25) is 4.79 Å². The van der Waals surface area contributed by atoms with E-state index in [0.29, 0.717) is 0 Å². The van der Waals surface area contributed by atoms with Crippen LogP contribution in [0.2, 0.25) is 0 Å². The van der Waals surface area contributed by atoms with Crippen LogP contribution in [0.3, 0.4) is 0 Å². The molecular formula is C17H16F2N2O. The van der Waals surface area contributed by atoms with E-state index in [0.717, 1.165) is 24.2 Å². The van der Waals surface area contributed by atoms with Crippen LogP contribution in [0, 0.1) is 11.6 Å². The molecule has 2 aromatic rings. The molecule has 0 aliphatic carbocycles. The van der Waals surface area contributed by atoms with Crippen LogP contribution in [0.4, 0.5) is 20.2 Å². The number of fused-ring (bicyclic) bond motifs is 1. The molecule has 2 aromatic carbocycles. The average Bonchev–Trinajstić information content (AvgIpc) is 2.79. The largest absolute Gasteiger partial charge is 0.359 e. The Hall–Kier alpha value is -2.43. The zero-order valence-corrected chi connectivity index (χ0v) is 12.1. The highest BCUT2D eigenvalue weighted by atomic mass is 19.1. The molecule has 3 nitrogen and oxygen atoms in total. The minimum Gasteiger partial charge on any atom is -0.359 e. The number of rotatable bonds is 3. The van der Waals surface area contributed by atoms with Crippen LogP contribution in [0.5, 0.6) is 0 Å². The van der Waals surface area contributed by atoms with Crippen molar-refractivity contribution in [3.63, 3.8) is 0 Å². The first-order valence-electron chi connectivity index (χ1n) is 7.14. The van der Waals surface area contributed by atoms with Crippen LogP contribution >= 0.6 is 0 Å². The molecule has 1 aliphatic rings. The number of carbonyl (C=O) groups excluding carboxylic acids is 1. The van der Waals surface area contributed by atoms with E-state index >= 15 is 0 Å². The molecule has 0 saturated carbocycles. The Morgan fingerprint density at radius 1 is 1.18 bits per heavy atom. The summed E-state index contributed by atoms with van der Waals surface area (Å²) in [6.07, 6.45) is 0.859. The van der Waals surface area contributed by atoms with Crippen molar-refractivity contribution in [1.29, 1.82) is 0 Å². The van der Waals surface area contributed by atoms with Gasteiger partial charge in [-0.2, -0.15) is 0 Å². The quantitative estimate of drug-likeness (QED) is 0.943. The van der Waals surface area contributed by atoms with Gasteiger partial charge in [0.2, 0.25) is 5.91 Å². The fourth-order valence-corrected chi connectivity index (χ4v) is 2.82. The molecule has 0 unspecified atom stereocenters. The van der Waals surface area contributed by atoms with Crippen LogP contribution < -0.4 is 10.2 Å². The van der Waals surface area contributed by atoms with Gasteiger partial charge in [0.1, 0.15) is 17.3 Å². The molecule has 1 atom stereocenters. The number of para-hydroxylation sites is 2. The number of hydrogen-bond acceptors (Lipinski definition) is 2. The van der Waals surface area contributed by atoms with E-state index in [9.17, 15) is 13.6 Å². The number of hydrogen-bond donors (Lipinski definition) is 1. The highest BCUT2D eigenvalue weighted by Gasteiger charge is 2.27. The Balaban J connectivity index is 1.75. The molecule has 0 aromatic heterocycles. The highest BCUT2D eigenvalue weighted by molar-refractivity contribution is 5.94. The molecule has 3 rings (SSSR count). The number of nitrogens with zero attached hydrogens (tertiary/aromatic N) is 1. The number of carbonyl (C=O) groups is 1. The maximum absolute atomic E-state index is 13.6. The zero-order valence-electron chi connectivity index (χ0n) is 12.1. The molecule has 5 heteroatoms. The molecule has 1 amide bonds. The first-order chi connectivity index (χ1) is 10.6. The van der Waals surface area contributed by atoms with E-state index in [1.54, 1.807) is 0 Å². The molecule has 0 spiro atoms. The molecule has 114 valence electrons. The number of halogens is 2. The summed E-state index contributed by atoms with van der Waals surface area (Å²) in [7, 11) is 0. The Labute approximate surface area is 127 Å². The predicted molar refractivity (Wildman–Crippen MR) is 81.9 cm³/mol. The lowest BCUT2D eigenvalue weighted by molar-refractivity contribution is -0.115. The lowest BCUT2D eigenvalue weighted by Crippen LogP contribution is -2.37. The Kier molecular flexibility index (Phi) is 3.79. The van der Waals surface area contributed by atoms with Crippen LogP contribution in [-0.2, 0) is 11.2 Å². The van der Waals surface area contributed by atoms with E-state index in [1.165, 1.54) is 11.6 Å². The topological polar surface area (TPSA) is 32.3 Å². The summed E-state index contributed by atoms with van der Waals surface area (Å²) in [6, 6.07) is 11.5. The van der Waals surface area contributed by atoms with Gasteiger partial charge in [-0.25, -0.2) is 8.78 Å². The predicted octanol–water partition coefficient (Wildman–Crippen LogP) is 3.35. The first kappa shape index (κ1) is 14.5. The van der Waals surface area contributed by atoms with Gasteiger partial charge < -0.3 is 10.2 Å². The Morgan fingerprint density at radius 3 is 2.59 bits per heavy atom. The molecule has 1 heterocycles. The zero-order chi connectivity index (χ0) is 15.7. The second kappa shape index (κ2) is 5.75. The summed E-state index contributed by atoms with van der Waals surface area (Å²) in [5.41, 5.74) is 1.78. The third-order valence-electron chi connectivity index (χ3n) is 3.89. The number of benzene rings is 2. The van der Waals surface area contributed by atoms with Crippen LogP contribution in [0.25, 0.3) is 0 Å². The molecule has 1 N–H and O–H groups in total. The highest BCUT2D eigenvalue weighted by Crippen LogP contribution is 2.31. The number of nitrogens with one attached hydrogen (secondary N) is 1. The van der Waals surface area contributed by atoms with E-state index < -0.39 is 23.2 Å². The van der Waals surface area contributed by atoms with Crippen molar-refractivity contribution in [3.8, 4) is 0 Å². The standard InChI is InChI=1S/C17H16F2N2O/c1-11-9-12-5-2-3-8-15(12)21(11)10-16(22)20-17-13(18)6-4-7-14(17)19/h2-8,11H,9-10H2,1H3,(H,20,22)/t11-/m0/s1. The van der Waals surface area contributed by atoms with Crippen molar-refractivity contribution in [2.45, 2.75) is 19.4 Å². The second-order valence-corrected chi connectivity index (χ2v) is 5.45. The Morgan fingerprint density at radius 2 is 1.86 bits per heavy atom. The van der Waals surface area contributed by atoms with Gasteiger partial charge in [0, 0.05) is 11.7 Å². The van der Waals surface area contributed by atoms with Gasteiger partial charge >= 0.3 is 0 Å². The van der Waals surface area contributed by atoms with Crippen molar-refractivity contribution in [3.05, 3.63) is 59.7 Å². The van der Waals surface area contributed by atoms with Gasteiger partial charge in [-0.1, -0.05) is 24.3 Å². The smallest absolute Gasteiger partial charge is 0.244 e. The maximum atomic E-state index is 13.6. The summed E-state index contributed by atoms with van der Waals surface area (Å²) >= 11 is 0. The van der Waals surface area contributed by atoms with Gasteiger partial charge in [-0.05, 0) is 37.1 Å². The van der Waals surface area contributed by atoms with Crippen molar-refractivity contribution in [2.24, 2.45) is 0 Å². The minimum atomic E-state index is -0.775. The monoisotopic (exact) mass is 302 g/mol. The summed E-state index contributed by atoms with van der Waals surface area (Å²) in [4.78, 5) is 14.1. The Bertz CT molecular complexity index is 697. The van der Waals surface area contributed by atoms with Crippen LogP contribution in [0.1, 0.15) is 12.5 Å². The normalized spacial score (nSPS) is 16.5. The fourth-order valence-electron chi connectivity index (χ4n) is 2.82. The second-order valence-electron chi connectivity index (χ2n) is 5.45. The van der Waals surface area contributed by atoms with Gasteiger partial charge in [0.05, 0.1) is 6.54 Å². The van der Waals surface area contributed by atoms with Gasteiger partial charge in [-0.15, -0.1) is 0 Å². The SMILES string of the molecule is C[C@H]1Cc2ccccc2N1CC(=O)Nc1c(F)cccc1F. The van der Waals surface area contributed by atoms with Crippen molar-refractivity contribution >= 4 is 17.3 Å². The van der Waals surface area contributed by atoms with E-state index in [4.69, 9.17) is 0 Å². The van der Waals surface area contributed by atoms with Crippen LogP contribution in [0.15, 0.2) is 42.5 Å². The van der Waals surface area contributed by atoms with Gasteiger partial charge in [0.25, 0.3) is 0 Å². The third kappa shape index (κ3) is 2.66. The first-order valence-corrected chi connectivity index (χ1v) is 7.14. The summed E-state index contributed by atoms with van der Waals surface area (Å²) in [5, 5.41) is 2.33. The fraction of sp³-hybridized carbons (Fsp3) is 0.235. The maximum Gasteiger partial charge on any atom is 0.244 e. The molecule has 0 fully saturated rings. The van der Waals surface area contributed by atoms with Crippen LogP contribution in [-0.4, -0.2) is 18.5 Å². The summed E-state index contributed by atoms with van der Waals surface area (Å²) < 4.78 is 27.1. The molecular weight excluding hydrogens is 286 g/mol. The number of anilines is 2. The molecule has 0 bridgehead atoms. The van der Waals surface area contributed by atoms with Crippen molar-refractivity contribution in [1.82, 2.24) is 0 Å². The molecule has 0 radical (unpaired) electrons. The van der Waals surface area contributed by atoms with Crippen molar-refractivity contribution in [2.75, 3.05) is 16.8 Å². The van der Waals surface area contributed by atoms with Gasteiger partial charge in [0.15, 0.2) is 0 Å². The lowest BCUT2D eigenvalue weighted by atomic mass is 10.1. The molecule has 0 saturated heterocycles. The van der Waals surface area contributed by atoms with E-state index in [-0.39, 0.29) is 12.6 Å². The van der Waals surface area contributed by atoms with Crippen molar-refractivity contribution < 1.29 is 13.6 Å². The van der Waals surface area contributed by atoms with E-state index in [1.807, 2.05) is 36.1 Å². The summed E-state index contributed by atoms with van der Waals surface area (Å²) in [6.45, 7) is 2.09. The third-order valence-corrected chi connectivity index (χ3v) is 3.89. The lowest BCUT2D eigenvalue weighted by Gasteiger charge is -2.24. The minimum absolute atomic E-state index is 0.0615. The molecule has 22 heavy (non-hydrogen) atoms. The average molecular weight is 302 g/mol. The molecule has 1 aliphatic heterocycles. The summed E-state index contributed by atoms with van der Waals surface area (Å²) in [5.74, 6) is -1.99. The number of amides is 1.